The molecule has 6 nitrogen and oxygen atoms in total. The van der Waals surface area contributed by atoms with Crippen LogP contribution in [0.25, 0.3) is 0 Å². The number of hydrogen-bond donors (Lipinski definition) is 1. The number of rotatable bonds is 11. The Bertz CT molecular complexity index is 892. The molecule has 2 amide bonds. The molecule has 0 radical (unpaired) electrons. The van der Waals surface area contributed by atoms with Gasteiger partial charge in [0.2, 0.25) is 5.91 Å². The summed E-state index contributed by atoms with van der Waals surface area (Å²) in [7, 11) is 1.53. The largest absolute Gasteiger partial charge is 0.493 e. The van der Waals surface area contributed by atoms with E-state index in [0.717, 1.165) is 6.42 Å². The van der Waals surface area contributed by atoms with Crippen LogP contribution in [0.2, 0.25) is 10.0 Å². The van der Waals surface area contributed by atoms with E-state index in [2.05, 4.69) is 5.32 Å². The maximum absolute atomic E-state index is 13.2. The second-order valence-corrected chi connectivity index (χ2v) is 7.76. The van der Waals surface area contributed by atoms with Crippen LogP contribution in [-0.2, 0) is 16.1 Å². The molecule has 2 rings (SSSR count). The first kappa shape index (κ1) is 24.8. The van der Waals surface area contributed by atoms with Crippen LogP contribution < -0.4 is 14.8 Å². The second kappa shape index (κ2) is 12.4. The molecule has 0 spiro atoms. The molecule has 1 atom stereocenters. The van der Waals surface area contributed by atoms with E-state index < -0.39 is 6.04 Å². The van der Waals surface area contributed by atoms with Crippen molar-refractivity contribution in [3.05, 3.63) is 58.1 Å². The molecule has 1 N–H and O–H groups in total. The Balaban J connectivity index is 2.26. The first-order chi connectivity index (χ1) is 14.9. The number of carbonyl (C=O) groups excluding carboxylic acids is 2. The molecular formula is C23H28Cl2N2O4. The summed E-state index contributed by atoms with van der Waals surface area (Å²) in [5.41, 5.74) is 0.693. The van der Waals surface area contributed by atoms with Crippen molar-refractivity contribution in [3.63, 3.8) is 0 Å². The van der Waals surface area contributed by atoms with E-state index >= 15 is 0 Å². The number of benzene rings is 2. The van der Waals surface area contributed by atoms with Crippen molar-refractivity contribution in [3.8, 4) is 11.5 Å². The minimum atomic E-state index is -0.660. The number of nitrogens with one attached hydrogen (secondary N) is 1. The summed E-state index contributed by atoms with van der Waals surface area (Å²) in [6, 6.07) is 11.5. The Morgan fingerprint density at radius 2 is 1.81 bits per heavy atom. The lowest BCUT2D eigenvalue weighted by molar-refractivity contribution is -0.143. The van der Waals surface area contributed by atoms with E-state index in [1.54, 1.807) is 36.4 Å². The van der Waals surface area contributed by atoms with E-state index in [-0.39, 0.29) is 25.0 Å². The summed E-state index contributed by atoms with van der Waals surface area (Å²) < 4.78 is 11.0. The van der Waals surface area contributed by atoms with Gasteiger partial charge in [-0.15, -0.1) is 0 Å². The Morgan fingerprint density at radius 1 is 1.10 bits per heavy atom. The van der Waals surface area contributed by atoms with Gasteiger partial charge in [0.25, 0.3) is 5.91 Å². The van der Waals surface area contributed by atoms with E-state index in [9.17, 15) is 9.59 Å². The summed E-state index contributed by atoms with van der Waals surface area (Å²) >= 11 is 12.3. The molecule has 2 aromatic carbocycles. The fraction of sp³-hybridized carbons (Fsp3) is 0.391. The van der Waals surface area contributed by atoms with E-state index in [4.69, 9.17) is 32.7 Å². The van der Waals surface area contributed by atoms with Crippen molar-refractivity contribution in [2.75, 3.05) is 20.3 Å². The first-order valence-electron chi connectivity index (χ1n) is 10.2. The standard InChI is InChI=1S/C23H28Cl2N2O4/c1-4-12-26-23(29)19(5-2)27(14-16-10-11-17(24)13-18(16)25)22(28)15-31-21-9-7-6-8-20(21)30-3/h6-11,13,19H,4-5,12,14-15H2,1-3H3,(H,26,29)/t19-/m0/s1. The fourth-order valence-corrected chi connectivity index (χ4v) is 3.55. The Hall–Kier alpha value is -2.44. The van der Waals surface area contributed by atoms with Crippen LogP contribution in [0.3, 0.4) is 0 Å². The van der Waals surface area contributed by atoms with Gasteiger partial charge >= 0.3 is 0 Å². The van der Waals surface area contributed by atoms with Gasteiger partial charge < -0.3 is 19.7 Å². The third kappa shape index (κ3) is 7.04. The summed E-state index contributed by atoms with van der Waals surface area (Å²) in [5, 5.41) is 3.80. The quantitative estimate of drug-likeness (QED) is 0.520. The lowest BCUT2D eigenvalue weighted by atomic mass is 10.1. The van der Waals surface area contributed by atoms with Crippen LogP contribution in [0.5, 0.6) is 11.5 Å². The van der Waals surface area contributed by atoms with Crippen LogP contribution in [-0.4, -0.2) is 43.0 Å². The lowest BCUT2D eigenvalue weighted by Crippen LogP contribution is -2.50. The van der Waals surface area contributed by atoms with Crippen molar-refractivity contribution in [2.45, 2.75) is 39.3 Å². The highest BCUT2D eigenvalue weighted by atomic mass is 35.5. The van der Waals surface area contributed by atoms with Gasteiger partial charge in [-0.3, -0.25) is 9.59 Å². The Morgan fingerprint density at radius 3 is 2.42 bits per heavy atom. The monoisotopic (exact) mass is 466 g/mol. The van der Waals surface area contributed by atoms with Gasteiger partial charge in [-0.05, 0) is 42.7 Å². The highest BCUT2D eigenvalue weighted by molar-refractivity contribution is 6.35. The molecule has 0 heterocycles. The van der Waals surface area contributed by atoms with Crippen molar-refractivity contribution in [1.82, 2.24) is 10.2 Å². The van der Waals surface area contributed by atoms with Crippen LogP contribution in [0.1, 0.15) is 32.3 Å². The molecule has 8 heteroatoms. The maximum Gasteiger partial charge on any atom is 0.261 e. The molecule has 0 aromatic heterocycles. The summed E-state index contributed by atoms with van der Waals surface area (Å²) in [4.78, 5) is 27.4. The predicted octanol–water partition coefficient (Wildman–Crippen LogP) is 4.71. The number of hydrogen-bond acceptors (Lipinski definition) is 4. The minimum Gasteiger partial charge on any atom is -0.493 e. The summed E-state index contributed by atoms with van der Waals surface area (Å²) in [6.07, 6.45) is 1.25. The molecule has 0 aliphatic carbocycles. The third-order valence-corrected chi connectivity index (χ3v) is 5.30. The average Bonchev–Trinajstić information content (AvgIpc) is 2.77. The molecule has 0 saturated carbocycles. The number of nitrogens with zero attached hydrogens (tertiary/aromatic N) is 1. The van der Waals surface area contributed by atoms with Crippen LogP contribution >= 0.6 is 23.2 Å². The fourth-order valence-electron chi connectivity index (χ4n) is 3.08. The molecule has 0 unspecified atom stereocenters. The lowest BCUT2D eigenvalue weighted by Gasteiger charge is -2.31. The maximum atomic E-state index is 13.2. The van der Waals surface area contributed by atoms with Crippen molar-refractivity contribution < 1.29 is 19.1 Å². The zero-order valence-electron chi connectivity index (χ0n) is 18.0. The molecule has 0 aliphatic heterocycles. The Kier molecular flexibility index (Phi) is 9.95. The molecular weight excluding hydrogens is 439 g/mol. The first-order valence-corrected chi connectivity index (χ1v) is 10.9. The van der Waals surface area contributed by atoms with Gasteiger partial charge in [0.1, 0.15) is 6.04 Å². The molecule has 31 heavy (non-hydrogen) atoms. The van der Waals surface area contributed by atoms with Crippen molar-refractivity contribution in [2.24, 2.45) is 0 Å². The highest BCUT2D eigenvalue weighted by Crippen LogP contribution is 2.27. The zero-order valence-corrected chi connectivity index (χ0v) is 19.5. The van der Waals surface area contributed by atoms with Gasteiger partial charge in [0.15, 0.2) is 18.1 Å². The van der Waals surface area contributed by atoms with Gasteiger partial charge in [-0.1, -0.05) is 55.2 Å². The number of para-hydroxylation sites is 2. The minimum absolute atomic E-state index is 0.155. The number of amides is 2. The van der Waals surface area contributed by atoms with E-state index in [1.165, 1.54) is 12.0 Å². The Labute approximate surface area is 193 Å². The SMILES string of the molecule is CCCNC(=O)[C@H](CC)N(Cc1ccc(Cl)cc1Cl)C(=O)COc1ccccc1OC. The highest BCUT2D eigenvalue weighted by Gasteiger charge is 2.29. The number of methoxy groups -OCH3 is 1. The van der Waals surface area contributed by atoms with Crippen molar-refractivity contribution in [1.29, 1.82) is 0 Å². The van der Waals surface area contributed by atoms with Crippen LogP contribution in [0.15, 0.2) is 42.5 Å². The summed E-state index contributed by atoms with van der Waals surface area (Å²) in [5.74, 6) is 0.428. The zero-order chi connectivity index (χ0) is 22.8. The average molecular weight is 467 g/mol. The number of ether oxygens (including phenoxy) is 2. The van der Waals surface area contributed by atoms with Gasteiger partial charge in [0.05, 0.1) is 7.11 Å². The van der Waals surface area contributed by atoms with Crippen LogP contribution in [0.4, 0.5) is 0 Å². The van der Waals surface area contributed by atoms with Crippen LogP contribution in [0, 0.1) is 0 Å². The number of halogens is 2. The van der Waals surface area contributed by atoms with Gasteiger partial charge in [0, 0.05) is 23.1 Å². The third-order valence-electron chi connectivity index (χ3n) is 4.71. The predicted molar refractivity (Wildman–Crippen MR) is 123 cm³/mol. The molecule has 168 valence electrons. The number of carbonyl (C=O) groups is 2. The van der Waals surface area contributed by atoms with Gasteiger partial charge in [-0.25, -0.2) is 0 Å². The molecule has 0 fully saturated rings. The normalized spacial score (nSPS) is 11.5. The van der Waals surface area contributed by atoms with E-state index in [0.29, 0.717) is 40.1 Å². The van der Waals surface area contributed by atoms with Crippen molar-refractivity contribution >= 4 is 35.0 Å². The molecule has 2 aromatic rings. The topological polar surface area (TPSA) is 67.9 Å². The van der Waals surface area contributed by atoms with Gasteiger partial charge in [-0.2, -0.15) is 0 Å². The smallest absolute Gasteiger partial charge is 0.261 e. The molecule has 0 bridgehead atoms. The molecule has 0 saturated heterocycles. The van der Waals surface area contributed by atoms with E-state index in [1.807, 2.05) is 19.9 Å². The molecule has 0 aliphatic rings. The summed E-state index contributed by atoms with van der Waals surface area (Å²) in [6.45, 7) is 4.28. The second-order valence-electron chi connectivity index (χ2n) is 6.91.